The van der Waals surface area contributed by atoms with Crippen LogP contribution in [0.4, 0.5) is 0 Å². The SMILES string of the molecule is CC(C)C(=O)COC1CCC(C)C(C)C1. The van der Waals surface area contributed by atoms with Gasteiger partial charge in [-0.3, -0.25) is 4.79 Å². The number of hydrogen-bond donors (Lipinski definition) is 0. The highest BCUT2D eigenvalue weighted by Crippen LogP contribution is 2.30. The van der Waals surface area contributed by atoms with Gasteiger partial charge < -0.3 is 4.74 Å². The van der Waals surface area contributed by atoms with Crippen LogP contribution in [0.3, 0.4) is 0 Å². The third-order valence-corrected chi connectivity index (χ3v) is 3.66. The molecule has 2 heteroatoms. The Morgan fingerprint density at radius 1 is 1.27 bits per heavy atom. The van der Waals surface area contributed by atoms with E-state index in [0.29, 0.717) is 12.7 Å². The van der Waals surface area contributed by atoms with Crippen LogP contribution in [0.1, 0.15) is 47.0 Å². The Balaban J connectivity index is 2.25. The summed E-state index contributed by atoms with van der Waals surface area (Å²) in [6.45, 7) is 8.75. The highest BCUT2D eigenvalue weighted by molar-refractivity contribution is 5.81. The minimum absolute atomic E-state index is 0.102. The molecular formula is C13H24O2. The first-order chi connectivity index (χ1) is 7.00. The second-order valence-corrected chi connectivity index (χ2v) is 5.32. The third kappa shape index (κ3) is 3.94. The van der Waals surface area contributed by atoms with Crippen molar-refractivity contribution in [1.29, 1.82) is 0 Å². The van der Waals surface area contributed by atoms with Gasteiger partial charge in [0.1, 0.15) is 6.61 Å². The maximum Gasteiger partial charge on any atom is 0.160 e. The number of ketones is 1. The highest BCUT2D eigenvalue weighted by Gasteiger charge is 2.25. The molecule has 0 amide bonds. The van der Waals surface area contributed by atoms with Crippen molar-refractivity contribution in [3.8, 4) is 0 Å². The third-order valence-electron chi connectivity index (χ3n) is 3.66. The predicted molar refractivity (Wildman–Crippen MR) is 61.8 cm³/mol. The number of Topliss-reactive ketones (excluding diaryl/α,β-unsaturated/α-hetero) is 1. The van der Waals surface area contributed by atoms with Gasteiger partial charge in [0, 0.05) is 5.92 Å². The van der Waals surface area contributed by atoms with Gasteiger partial charge in [-0.2, -0.15) is 0 Å². The lowest BCUT2D eigenvalue weighted by atomic mass is 9.80. The fourth-order valence-electron chi connectivity index (χ4n) is 2.02. The summed E-state index contributed by atoms with van der Waals surface area (Å²) in [5, 5.41) is 0. The minimum Gasteiger partial charge on any atom is -0.370 e. The zero-order valence-electron chi connectivity index (χ0n) is 10.5. The first kappa shape index (κ1) is 12.7. The molecule has 1 aliphatic carbocycles. The monoisotopic (exact) mass is 212 g/mol. The number of carbonyl (C=O) groups is 1. The average molecular weight is 212 g/mol. The molecule has 1 fully saturated rings. The predicted octanol–water partition coefficient (Wildman–Crippen LogP) is 3.05. The largest absolute Gasteiger partial charge is 0.370 e. The summed E-state index contributed by atoms with van der Waals surface area (Å²) < 4.78 is 5.68. The number of hydrogen-bond acceptors (Lipinski definition) is 2. The summed E-state index contributed by atoms with van der Waals surface area (Å²) in [5.74, 6) is 1.87. The molecule has 0 aliphatic heterocycles. The van der Waals surface area contributed by atoms with Gasteiger partial charge in [-0.05, 0) is 31.1 Å². The van der Waals surface area contributed by atoms with Crippen molar-refractivity contribution in [2.45, 2.75) is 53.1 Å². The van der Waals surface area contributed by atoms with Gasteiger partial charge in [0.2, 0.25) is 0 Å². The molecule has 1 aliphatic rings. The topological polar surface area (TPSA) is 26.3 Å². The number of ether oxygens (including phenoxy) is 1. The molecule has 3 unspecified atom stereocenters. The van der Waals surface area contributed by atoms with E-state index in [0.717, 1.165) is 24.7 Å². The van der Waals surface area contributed by atoms with E-state index in [1.165, 1.54) is 6.42 Å². The zero-order valence-corrected chi connectivity index (χ0v) is 10.5. The Hall–Kier alpha value is -0.370. The van der Waals surface area contributed by atoms with Gasteiger partial charge in [0.05, 0.1) is 6.10 Å². The van der Waals surface area contributed by atoms with Gasteiger partial charge in [0.25, 0.3) is 0 Å². The van der Waals surface area contributed by atoms with E-state index in [1.54, 1.807) is 0 Å². The van der Waals surface area contributed by atoms with Crippen molar-refractivity contribution in [1.82, 2.24) is 0 Å². The lowest BCUT2D eigenvalue weighted by molar-refractivity contribution is -0.129. The van der Waals surface area contributed by atoms with Crippen LogP contribution < -0.4 is 0 Å². The standard InChI is InChI=1S/C13H24O2/c1-9(2)13(14)8-15-12-6-5-10(3)11(4)7-12/h9-12H,5-8H2,1-4H3. The molecule has 3 atom stereocenters. The minimum atomic E-state index is 0.102. The Labute approximate surface area is 93.4 Å². The van der Waals surface area contributed by atoms with Gasteiger partial charge >= 0.3 is 0 Å². The average Bonchev–Trinajstić information content (AvgIpc) is 2.19. The smallest absolute Gasteiger partial charge is 0.160 e. The molecule has 15 heavy (non-hydrogen) atoms. The van der Waals surface area contributed by atoms with Gasteiger partial charge in [0.15, 0.2) is 5.78 Å². The summed E-state index contributed by atoms with van der Waals surface area (Å²) in [6.07, 6.45) is 3.80. The van der Waals surface area contributed by atoms with E-state index in [4.69, 9.17) is 4.74 Å². The van der Waals surface area contributed by atoms with Crippen LogP contribution in [-0.2, 0) is 9.53 Å². The van der Waals surface area contributed by atoms with E-state index < -0.39 is 0 Å². The number of rotatable bonds is 4. The molecule has 0 aromatic heterocycles. The summed E-state index contributed by atoms with van der Waals surface area (Å²) in [7, 11) is 0. The van der Waals surface area contributed by atoms with E-state index in [1.807, 2.05) is 13.8 Å². The van der Waals surface area contributed by atoms with E-state index in [9.17, 15) is 4.79 Å². The summed E-state index contributed by atoms with van der Waals surface area (Å²) in [6, 6.07) is 0. The van der Waals surface area contributed by atoms with E-state index >= 15 is 0 Å². The van der Waals surface area contributed by atoms with Crippen molar-refractivity contribution in [2.75, 3.05) is 6.61 Å². The maximum absolute atomic E-state index is 11.4. The Morgan fingerprint density at radius 3 is 2.47 bits per heavy atom. The quantitative estimate of drug-likeness (QED) is 0.716. The maximum atomic E-state index is 11.4. The van der Waals surface area contributed by atoms with Crippen LogP contribution in [0.2, 0.25) is 0 Å². The lowest BCUT2D eigenvalue weighted by Crippen LogP contribution is -2.29. The summed E-state index contributed by atoms with van der Waals surface area (Å²) in [5.41, 5.74) is 0. The van der Waals surface area contributed by atoms with Crippen molar-refractivity contribution in [3.05, 3.63) is 0 Å². The zero-order chi connectivity index (χ0) is 11.4. The van der Waals surface area contributed by atoms with Crippen molar-refractivity contribution >= 4 is 5.78 Å². The molecular weight excluding hydrogens is 188 g/mol. The van der Waals surface area contributed by atoms with Crippen molar-refractivity contribution in [3.63, 3.8) is 0 Å². The molecule has 0 N–H and O–H groups in total. The first-order valence-corrected chi connectivity index (χ1v) is 6.15. The second kappa shape index (κ2) is 5.64. The van der Waals surface area contributed by atoms with Crippen molar-refractivity contribution in [2.24, 2.45) is 17.8 Å². The molecule has 1 rings (SSSR count). The van der Waals surface area contributed by atoms with Gasteiger partial charge in [-0.1, -0.05) is 27.7 Å². The molecule has 2 nitrogen and oxygen atoms in total. The van der Waals surface area contributed by atoms with Crippen molar-refractivity contribution < 1.29 is 9.53 Å². The summed E-state index contributed by atoms with van der Waals surface area (Å²) in [4.78, 5) is 11.4. The van der Waals surface area contributed by atoms with Gasteiger partial charge in [-0.15, -0.1) is 0 Å². The fourth-order valence-corrected chi connectivity index (χ4v) is 2.02. The normalized spacial score (nSPS) is 31.9. The number of carbonyl (C=O) groups excluding carboxylic acids is 1. The summed E-state index contributed by atoms with van der Waals surface area (Å²) >= 11 is 0. The highest BCUT2D eigenvalue weighted by atomic mass is 16.5. The molecule has 0 aromatic rings. The molecule has 0 heterocycles. The van der Waals surface area contributed by atoms with E-state index in [-0.39, 0.29) is 11.7 Å². The fraction of sp³-hybridized carbons (Fsp3) is 0.923. The molecule has 0 spiro atoms. The van der Waals surface area contributed by atoms with Crippen LogP contribution in [0.15, 0.2) is 0 Å². The molecule has 88 valence electrons. The molecule has 0 radical (unpaired) electrons. The Bertz CT molecular complexity index is 211. The van der Waals surface area contributed by atoms with E-state index in [2.05, 4.69) is 13.8 Å². The Kier molecular flexibility index (Phi) is 4.78. The Morgan fingerprint density at radius 2 is 1.93 bits per heavy atom. The van der Waals surface area contributed by atoms with Crippen LogP contribution in [0, 0.1) is 17.8 Å². The first-order valence-electron chi connectivity index (χ1n) is 6.15. The molecule has 0 aromatic carbocycles. The molecule has 1 saturated carbocycles. The van der Waals surface area contributed by atoms with Crippen LogP contribution in [0.5, 0.6) is 0 Å². The van der Waals surface area contributed by atoms with Crippen LogP contribution in [0.25, 0.3) is 0 Å². The van der Waals surface area contributed by atoms with Crippen LogP contribution >= 0.6 is 0 Å². The second-order valence-electron chi connectivity index (χ2n) is 5.32. The molecule has 0 saturated heterocycles. The molecule has 0 bridgehead atoms. The van der Waals surface area contributed by atoms with Crippen LogP contribution in [-0.4, -0.2) is 18.5 Å². The lowest BCUT2D eigenvalue weighted by Gasteiger charge is -2.31. The van der Waals surface area contributed by atoms with Gasteiger partial charge in [-0.25, -0.2) is 0 Å².